The van der Waals surface area contributed by atoms with Crippen LogP contribution in [0.2, 0.25) is 0 Å². The highest BCUT2D eigenvalue weighted by atomic mass is 31.2. The first-order chi connectivity index (χ1) is 49.2. The fraction of sp³-hybridized carbons (Fsp3) is 0.747. The Hall–Kier alpha value is -3.79. The van der Waals surface area contributed by atoms with Crippen molar-refractivity contribution < 1.29 is 75.8 Å². The number of hydrogen-bond donors (Lipinski definition) is 4. The number of unbranched alkanes of at least 4 members (excludes halogenated alkanes) is 35. The monoisotopic (exact) mass is 1460 g/mol. The van der Waals surface area contributed by atoms with Crippen LogP contribution in [-0.4, -0.2) is 95.9 Å². The number of phosphoric acid groups is 2. The smallest absolute Gasteiger partial charge is 0.463 e. The number of rotatable bonds is 76. The van der Waals surface area contributed by atoms with Gasteiger partial charge < -0.3 is 34.2 Å². The van der Waals surface area contributed by atoms with Crippen molar-refractivity contribution in [3.8, 4) is 0 Å². The number of hydrogen-bond acceptors (Lipinski definition) is 14. The quantitative estimate of drug-likeness (QED) is 0.0146. The summed E-state index contributed by atoms with van der Waals surface area (Å²) in [6, 6.07) is 0. The van der Waals surface area contributed by atoms with Crippen molar-refractivity contribution in [3.05, 3.63) is 109 Å². The summed E-state index contributed by atoms with van der Waals surface area (Å²) in [6.45, 7) is 2.52. The first kappa shape index (κ1) is 97.2. The molecule has 0 fully saturated rings. The maximum Gasteiger partial charge on any atom is 0.472 e. The zero-order valence-corrected chi connectivity index (χ0v) is 65.6. The van der Waals surface area contributed by atoms with Crippen LogP contribution in [0.5, 0.6) is 0 Å². The molecule has 0 heterocycles. The highest BCUT2D eigenvalue weighted by Crippen LogP contribution is 2.45. The van der Waals surface area contributed by atoms with E-state index in [4.69, 9.17) is 32.3 Å². The van der Waals surface area contributed by atoms with Gasteiger partial charge in [0.15, 0.2) is 6.10 Å². The van der Waals surface area contributed by atoms with Gasteiger partial charge in [0.25, 0.3) is 0 Å². The molecule has 0 aliphatic rings. The number of aliphatic hydroxyl groups is 2. The summed E-state index contributed by atoms with van der Waals surface area (Å²) >= 11 is 0. The van der Waals surface area contributed by atoms with E-state index in [9.17, 15) is 43.5 Å². The Morgan fingerprint density at radius 2 is 0.525 bits per heavy atom. The maximum atomic E-state index is 12.9. The number of esters is 3. The Labute approximate surface area is 615 Å². The Balaban J connectivity index is 4.40. The lowest BCUT2D eigenvalue weighted by molar-refractivity contribution is -0.161. The SMILES string of the molecule is CC/C=C\C/C=C\C/C=C\C/C=C\CCCCCCCCC(=O)OCC(COP(=O)(O)OCC(O)COP(=O)(O)OCC(O)COC(=O)CCCCCCCCCCCCCCCCCCC/C=C\C/C=C\C/C=C\C/C=C\CCCCC)OC(=O)CCCCCCC/C=C\CCCCCC. The molecular formula is C83H146O16P2. The van der Waals surface area contributed by atoms with Crippen molar-refractivity contribution in [1.82, 2.24) is 0 Å². The molecule has 0 aromatic rings. The molecule has 0 aromatic carbocycles. The maximum absolute atomic E-state index is 12.9. The third-order valence-corrected chi connectivity index (χ3v) is 18.9. The summed E-state index contributed by atoms with van der Waals surface area (Å²) in [6.07, 6.45) is 88.7. The highest BCUT2D eigenvalue weighted by Gasteiger charge is 2.29. The molecule has 0 amide bonds. The Kier molecular flexibility index (Phi) is 73.0. The molecular weight excluding hydrogens is 1310 g/mol. The number of carbonyl (C=O) groups excluding carboxylic acids is 3. The van der Waals surface area contributed by atoms with E-state index in [1.165, 1.54) is 141 Å². The van der Waals surface area contributed by atoms with Gasteiger partial charge in [-0.1, -0.05) is 304 Å². The number of ether oxygens (including phenoxy) is 3. The molecule has 0 rings (SSSR count). The number of allylic oxidation sites excluding steroid dienone is 18. The summed E-state index contributed by atoms with van der Waals surface area (Å²) in [5.41, 5.74) is 0. The largest absolute Gasteiger partial charge is 0.472 e. The molecule has 0 aliphatic carbocycles. The van der Waals surface area contributed by atoms with Gasteiger partial charge in [0.05, 0.1) is 26.4 Å². The fourth-order valence-electron chi connectivity index (χ4n) is 10.8. The van der Waals surface area contributed by atoms with Crippen molar-refractivity contribution in [2.24, 2.45) is 0 Å². The highest BCUT2D eigenvalue weighted by molar-refractivity contribution is 7.47. The molecule has 0 saturated carbocycles. The zero-order valence-electron chi connectivity index (χ0n) is 63.8. The zero-order chi connectivity index (χ0) is 73.7. The van der Waals surface area contributed by atoms with Gasteiger partial charge in [0.1, 0.15) is 25.4 Å². The first-order valence-electron chi connectivity index (χ1n) is 40.2. The lowest BCUT2D eigenvalue weighted by atomic mass is 10.0. The Morgan fingerprint density at radius 3 is 0.861 bits per heavy atom. The molecule has 101 heavy (non-hydrogen) atoms. The fourth-order valence-corrected chi connectivity index (χ4v) is 12.4. The average Bonchev–Trinajstić information content (AvgIpc) is 0.964. The van der Waals surface area contributed by atoms with Crippen LogP contribution in [0.1, 0.15) is 342 Å². The van der Waals surface area contributed by atoms with Gasteiger partial charge in [-0.3, -0.25) is 32.5 Å². The molecule has 5 unspecified atom stereocenters. The van der Waals surface area contributed by atoms with Crippen molar-refractivity contribution >= 4 is 33.6 Å². The second-order valence-electron chi connectivity index (χ2n) is 26.8. The lowest BCUT2D eigenvalue weighted by Gasteiger charge is -2.21. The Morgan fingerprint density at radius 1 is 0.287 bits per heavy atom. The van der Waals surface area contributed by atoms with Crippen LogP contribution in [0.25, 0.3) is 0 Å². The van der Waals surface area contributed by atoms with Gasteiger partial charge in [0.2, 0.25) is 0 Å². The summed E-state index contributed by atoms with van der Waals surface area (Å²) in [5.74, 6) is -1.59. The summed E-state index contributed by atoms with van der Waals surface area (Å²) in [7, 11) is -9.79. The Bertz CT molecular complexity index is 2270. The molecule has 18 heteroatoms. The molecule has 0 saturated heterocycles. The van der Waals surface area contributed by atoms with Crippen molar-refractivity contribution in [1.29, 1.82) is 0 Å². The average molecular weight is 1460 g/mol. The number of phosphoric ester groups is 2. The molecule has 0 spiro atoms. The second-order valence-corrected chi connectivity index (χ2v) is 29.7. The predicted octanol–water partition coefficient (Wildman–Crippen LogP) is 23.5. The first-order valence-corrected chi connectivity index (χ1v) is 43.2. The van der Waals surface area contributed by atoms with Crippen LogP contribution in [0, 0.1) is 0 Å². The molecule has 0 radical (unpaired) electrons. The van der Waals surface area contributed by atoms with Gasteiger partial charge in [-0.25, -0.2) is 9.13 Å². The van der Waals surface area contributed by atoms with E-state index >= 15 is 0 Å². The molecule has 584 valence electrons. The van der Waals surface area contributed by atoms with Crippen molar-refractivity contribution in [3.63, 3.8) is 0 Å². The van der Waals surface area contributed by atoms with E-state index in [1.807, 2.05) is 0 Å². The van der Waals surface area contributed by atoms with E-state index in [2.05, 4.69) is 130 Å². The minimum atomic E-state index is -4.93. The van der Waals surface area contributed by atoms with Crippen LogP contribution in [0.15, 0.2) is 109 Å². The summed E-state index contributed by atoms with van der Waals surface area (Å²) in [5, 5.41) is 20.6. The van der Waals surface area contributed by atoms with Gasteiger partial charge in [0, 0.05) is 19.3 Å². The van der Waals surface area contributed by atoms with Crippen molar-refractivity contribution in [2.45, 2.75) is 360 Å². The molecule has 4 N–H and O–H groups in total. The predicted molar refractivity (Wildman–Crippen MR) is 417 cm³/mol. The van der Waals surface area contributed by atoms with Gasteiger partial charge in [-0.15, -0.1) is 0 Å². The minimum absolute atomic E-state index is 0.0909. The molecule has 0 aromatic heterocycles. The van der Waals surface area contributed by atoms with Crippen molar-refractivity contribution in [2.75, 3.05) is 39.6 Å². The third kappa shape index (κ3) is 77.1. The van der Waals surface area contributed by atoms with Gasteiger partial charge in [-0.2, -0.15) is 0 Å². The molecule has 0 bridgehead atoms. The van der Waals surface area contributed by atoms with E-state index in [1.54, 1.807) is 0 Å². The summed E-state index contributed by atoms with van der Waals surface area (Å²) < 4.78 is 61.1. The van der Waals surface area contributed by atoms with Gasteiger partial charge in [-0.05, 0) is 128 Å². The molecule has 16 nitrogen and oxygen atoms in total. The lowest BCUT2D eigenvalue weighted by Crippen LogP contribution is -2.30. The van der Waals surface area contributed by atoms with E-state index < -0.39 is 91.5 Å². The van der Waals surface area contributed by atoms with Crippen LogP contribution in [-0.2, 0) is 55.8 Å². The molecule has 5 atom stereocenters. The van der Waals surface area contributed by atoms with E-state index in [-0.39, 0.29) is 19.3 Å². The van der Waals surface area contributed by atoms with E-state index in [0.29, 0.717) is 19.3 Å². The standard InChI is InChI=1S/C83H146O16P2/c1-4-7-10-13-16-19-22-25-27-29-31-32-33-34-35-36-37-38-39-40-41-42-43-44-46-48-49-52-54-57-60-63-66-69-81(86)93-72-78(84)73-95-100(89,90)96-74-79(85)75-97-101(91,92)98-77-80(99-83(88)71-68-65-62-59-56-51-24-21-18-15-12-9-6-3)76-94-82(87)70-67-64-61-58-55-53-50-47-45-30-28-26-23-20-17-14-11-8-5-2/h8,11,16-17,19-21,24-28,31-32,34-35,45,47,78-80,84-85H,4-7,9-10,12-15,18,22-23,29-30,33,36-44,46,48-77H2,1-3H3,(H,89,90)(H,91,92)/b11-8-,19-16-,20-17-,24-21-,27-25-,28-26-,32-31-,35-34-,47-45-. The number of carbonyl (C=O) groups is 3. The van der Waals surface area contributed by atoms with Crippen LogP contribution in [0.4, 0.5) is 0 Å². The summed E-state index contributed by atoms with van der Waals surface area (Å²) in [4.78, 5) is 58.6. The topological polar surface area (TPSA) is 231 Å². The molecule has 0 aliphatic heterocycles. The number of aliphatic hydroxyl groups excluding tert-OH is 2. The third-order valence-electron chi connectivity index (χ3n) is 17.0. The van der Waals surface area contributed by atoms with Crippen LogP contribution >= 0.6 is 15.6 Å². The minimum Gasteiger partial charge on any atom is -0.463 e. The van der Waals surface area contributed by atoms with Gasteiger partial charge >= 0.3 is 33.6 Å². The normalized spacial score (nSPS) is 14.6. The van der Waals surface area contributed by atoms with Crippen LogP contribution < -0.4 is 0 Å². The van der Waals surface area contributed by atoms with E-state index in [0.717, 1.165) is 141 Å². The van der Waals surface area contributed by atoms with Crippen LogP contribution in [0.3, 0.4) is 0 Å². The second kappa shape index (κ2) is 75.9.